The third-order valence-corrected chi connectivity index (χ3v) is 2.73. The SMILES string of the molecule is O=C(O)c1n[nH]c(-c2ccc(C=Nc3ccc(O)cc3)o2)n1. The van der Waals surface area contributed by atoms with E-state index < -0.39 is 5.97 Å². The van der Waals surface area contributed by atoms with Gasteiger partial charge in [-0.15, -0.1) is 5.10 Å². The highest BCUT2D eigenvalue weighted by Crippen LogP contribution is 2.19. The van der Waals surface area contributed by atoms with Crippen molar-refractivity contribution in [3.63, 3.8) is 0 Å². The van der Waals surface area contributed by atoms with Crippen molar-refractivity contribution in [2.75, 3.05) is 0 Å². The first-order valence-corrected chi connectivity index (χ1v) is 6.21. The summed E-state index contributed by atoms with van der Waals surface area (Å²) in [6.45, 7) is 0. The molecule has 0 amide bonds. The van der Waals surface area contributed by atoms with Crippen LogP contribution in [-0.2, 0) is 0 Å². The Morgan fingerprint density at radius 3 is 2.68 bits per heavy atom. The van der Waals surface area contributed by atoms with Crippen molar-refractivity contribution < 1.29 is 19.4 Å². The molecule has 0 saturated carbocycles. The standard InChI is InChI=1S/C14H10N4O4/c19-9-3-1-8(2-4-9)15-7-10-5-6-11(22-10)12-16-13(14(20)21)18-17-12/h1-7,19H,(H,20,21)(H,16,17,18). The number of rotatable bonds is 4. The average Bonchev–Trinajstić information content (AvgIpc) is 3.15. The number of furan rings is 1. The number of aromatic amines is 1. The van der Waals surface area contributed by atoms with Gasteiger partial charge in [-0.3, -0.25) is 10.1 Å². The second-order valence-corrected chi connectivity index (χ2v) is 4.29. The van der Waals surface area contributed by atoms with Crippen LogP contribution in [0.1, 0.15) is 16.4 Å². The van der Waals surface area contributed by atoms with Gasteiger partial charge in [-0.25, -0.2) is 4.79 Å². The third kappa shape index (κ3) is 2.85. The molecule has 0 aliphatic rings. The summed E-state index contributed by atoms with van der Waals surface area (Å²) in [6, 6.07) is 9.67. The highest BCUT2D eigenvalue weighted by atomic mass is 16.4. The van der Waals surface area contributed by atoms with E-state index in [9.17, 15) is 9.90 Å². The number of phenolic OH excluding ortho intramolecular Hbond substituents is 1. The fourth-order valence-electron chi connectivity index (χ4n) is 1.69. The van der Waals surface area contributed by atoms with Gasteiger partial charge in [0, 0.05) is 0 Å². The summed E-state index contributed by atoms with van der Waals surface area (Å²) >= 11 is 0. The Balaban J connectivity index is 1.78. The lowest BCUT2D eigenvalue weighted by Crippen LogP contribution is -1.98. The molecule has 8 nitrogen and oxygen atoms in total. The summed E-state index contributed by atoms with van der Waals surface area (Å²) in [5, 5.41) is 24.0. The molecule has 22 heavy (non-hydrogen) atoms. The summed E-state index contributed by atoms with van der Waals surface area (Å²) < 4.78 is 5.48. The number of nitrogens with zero attached hydrogens (tertiary/aromatic N) is 3. The Labute approximate surface area is 123 Å². The summed E-state index contributed by atoms with van der Waals surface area (Å²) in [7, 11) is 0. The highest BCUT2D eigenvalue weighted by Gasteiger charge is 2.13. The van der Waals surface area contributed by atoms with Gasteiger partial charge in [0.2, 0.25) is 0 Å². The zero-order valence-corrected chi connectivity index (χ0v) is 11.1. The van der Waals surface area contributed by atoms with E-state index in [1.54, 1.807) is 24.3 Å². The number of aromatic nitrogens is 3. The Hall–Kier alpha value is -3.42. The summed E-state index contributed by atoms with van der Waals surface area (Å²) in [5.74, 6) is -0.335. The van der Waals surface area contributed by atoms with Crippen LogP contribution in [-0.4, -0.2) is 37.6 Å². The molecule has 0 unspecified atom stereocenters. The maximum Gasteiger partial charge on any atom is 0.375 e. The van der Waals surface area contributed by atoms with Gasteiger partial charge in [-0.05, 0) is 36.4 Å². The number of carboxylic acids is 1. The predicted molar refractivity (Wildman–Crippen MR) is 76.4 cm³/mol. The van der Waals surface area contributed by atoms with Gasteiger partial charge in [0.1, 0.15) is 11.5 Å². The Morgan fingerprint density at radius 2 is 2.00 bits per heavy atom. The van der Waals surface area contributed by atoms with Crippen molar-refractivity contribution in [2.24, 2.45) is 4.99 Å². The number of benzene rings is 1. The molecule has 0 aliphatic heterocycles. The Kier molecular flexibility index (Phi) is 3.40. The van der Waals surface area contributed by atoms with E-state index in [1.807, 2.05) is 0 Å². The third-order valence-electron chi connectivity index (χ3n) is 2.73. The minimum absolute atomic E-state index is 0.166. The molecule has 3 rings (SSSR count). The molecule has 1 aromatic carbocycles. The molecule has 0 fully saturated rings. The quantitative estimate of drug-likeness (QED) is 0.634. The van der Waals surface area contributed by atoms with E-state index >= 15 is 0 Å². The fraction of sp³-hybridized carbons (Fsp3) is 0. The summed E-state index contributed by atoms with van der Waals surface area (Å²) in [4.78, 5) is 18.7. The molecule has 0 spiro atoms. The van der Waals surface area contributed by atoms with Crippen LogP contribution in [0, 0.1) is 0 Å². The van der Waals surface area contributed by atoms with Gasteiger partial charge in [0.15, 0.2) is 11.6 Å². The normalized spacial score (nSPS) is 11.1. The molecule has 0 saturated heterocycles. The molecule has 0 atom stereocenters. The molecule has 3 N–H and O–H groups in total. The largest absolute Gasteiger partial charge is 0.508 e. The average molecular weight is 298 g/mol. The van der Waals surface area contributed by atoms with Crippen LogP contribution >= 0.6 is 0 Å². The van der Waals surface area contributed by atoms with E-state index in [0.717, 1.165) is 0 Å². The zero-order chi connectivity index (χ0) is 15.5. The molecular formula is C14H10N4O4. The van der Waals surface area contributed by atoms with Crippen molar-refractivity contribution in [1.82, 2.24) is 15.2 Å². The summed E-state index contributed by atoms with van der Waals surface area (Å²) in [5.41, 5.74) is 0.656. The van der Waals surface area contributed by atoms with Crippen molar-refractivity contribution in [3.8, 4) is 17.3 Å². The van der Waals surface area contributed by atoms with Crippen molar-refractivity contribution in [2.45, 2.75) is 0 Å². The van der Waals surface area contributed by atoms with Gasteiger partial charge in [0.25, 0.3) is 5.82 Å². The van der Waals surface area contributed by atoms with Crippen LogP contribution < -0.4 is 0 Å². The van der Waals surface area contributed by atoms with Crippen molar-refractivity contribution >= 4 is 17.9 Å². The monoisotopic (exact) mass is 298 g/mol. The number of nitrogens with one attached hydrogen (secondary N) is 1. The van der Waals surface area contributed by atoms with Crippen LogP contribution in [0.5, 0.6) is 5.75 Å². The predicted octanol–water partition coefficient (Wildman–Crippen LogP) is 2.22. The fourth-order valence-corrected chi connectivity index (χ4v) is 1.69. The maximum atomic E-state index is 10.7. The Morgan fingerprint density at radius 1 is 1.23 bits per heavy atom. The van der Waals surface area contributed by atoms with Crippen molar-refractivity contribution in [1.29, 1.82) is 0 Å². The van der Waals surface area contributed by atoms with Gasteiger partial charge in [-0.2, -0.15) is 4.98 Å². The zero-order valence-electron chi connectivity index (χ0n) is 11.1. The number of aromatic hydroxyl groups is 1. The smallest absolute Gasteiger partial charge is 0.375 e. The number of H-pyrrole nitrogens is 1. The number of aromatic carboxylic acids is 1. The van der Waals surface area contributed by atoms with Gasteiger partial charge in [0.05, 0.1) is 11.9 Å². The van der Waals surface area contributed by atoms with E-state index in [4.69, 9.17) is 9.52 Å². The van der Waals surface area contributed by atoms with E-state index in [1.165, 1.54) is 18.3 Å². The van der Waals surface area contributed by atoms with E-state index in [0.29, 0.717) is 17.2 Å². The number of hydrogen-bond donors (Lipinski definition) is 3. The van der Waals surface area contributed by atoms with Crippen LogP contribution in [0.15, 0.2) is 45.8 Å². The first-order valence-electron chi connectivity index (χ1n) is 6.21. The molecule has 0 aliphatic carbocycles. The minimum Gasteiger partial charge on any atom is -0.508 e. The van der Waals surface area contributed by atoms with E-state index in [-0.39, 0.29) is 17.4 Å². The van der Waals surface area contributed by atoms with E-state index in [2.05, 4.69) is 20.2 Å². The molecule has 2 heterocycles. The second-order valence-electron chi connectivity index (χ2n) is 4.29. The van der Waals surface area contributed by atoms with Crippen LogP contribution in [0.2, 0.25) is 0 Å². The molecule has 0 bridgehead atoms. The van der Waals surface area contributed by atoms with Crippen molar-refractivity contribution in [3.05, 3.63) is 48.0 Å². The summed E-state index contributed by atoms with van der Waals surface area (Å²) in [6.07, 6.45) is 1.50. The van der Waals surface area contributed by atoms with Gasteiger partial charge in [-0.1, -0.05) is 0 Å². The lowest BCUT2D eigenvalue weighted by molar-refractivity contribution is 0.0684. The molecule has 110 valence electrons. The first kappa shape index (κ1) is 13.6. The molecule has 8 heteroatoms. The van der Waals surface area contributed by atoms with Crippen LogP contribution in [0.4, 0.5) is 5.69 Å². The Bertz CT molecular complexity index is 833. The van der Waals surface area contributed by atoms with Crippen LogP contribution in [0.25, 0.3) is 11.6 Å². The molecule has 0 radical (unpaired) electrons. The van der Waals surface area contributed by atoms with Gasteiger partial charge < -0.3 is 14.6 Å². The highest BCUT2D eigenvalue weighted by molar-refractivity contribution is 5.83. The lowest BCUT2D eigenvalue weighted by atomic mass is 10.3. The number of carbonyl (C=O) groups is 1. The molecule has 3 aromatic rings. The second kappa shape index (κ2) is 5.52. The number of hydrogen-bond acceptors (Lipinski definition) is 6. The van der Waals surface area contributed by atoms with Crippen LogP contribution in [0.3, 0.4) is 0 Å². The number of aliphatic imine (C=N–C) groups is 1. The number of phenols is 1. The topological polar surface area (TPSA) is 125 Å². The minimum atomic E-state index is -1.22. The number of carboxylic acid groups (broad SMARTS) is 1. The first-order chi connectivity index (χ1) is 10.6. The molecular weight excluding hydrogens is 288 g/mol. The molecule has 2 aromatic heterocycles. The lowest BCUT2D eigenvalue weighted by Gasteiger charge is -1.93. The van der Waals surface area contributed by atoms with Gasteiger partial charge >= 0.3 is 5.97 Å². The maximum absolute atomic E-state index is 10.7.